The molecule has 12 N–H and O–H groups in total. The molecule has 6 heterocycles. The summed E-state index contributed by atoms with van der Waals surface area (Å²) in [5, 5.41) is 57.4. The van der Waals surface area contributed by atoms with Crippen LogP contribution in [-0.4, -0.2) is 88.1 Å². The fraction of sp³-hybridized carbons (Fsp3) is 0.614. The SMILES string of the molecule is C.C=C1C=C(O)SN1C(C)(C)C.CC(C)(C)C1NC(=O)S(=O)N1.CC(C)(C)C1OC(=O)C(O)=C1O.CC(C)(C)c1[nH]c(=O)[nH]c1O.CC(C)(C)c1oc(=O)[nH]c1O.CC(C)(C)c1sc(=O)[nH]c1O. The van der Waals surface area contributed by atoms with E-state index in [4.69, 9.17) is 24.5 Å². The topological polar surface area (TPSA) is 337 Å². The summed E-state index contributed by atoms with van der Waals surface area (Å²) in [6, 6.07) is 0. The number of aromatic nitrogens is 4. The van der Waals surface area contributed by atoms with E-state index in [9.17, 15) is 43.5 Å². The second-order valence-electron chi connectivity index (χ2n) is 21.5. The number of nitrogens with one attached hydrogen (secondary N) is 6. The van der Waals surface area contributed by atoms with Gasteiger partial charge in [-0.15, -0.1) is 0 Å². The predicted molar refractivity (Wildman–Crippen MR) is 267 cm³/mol. The number of amides is 1. The zero-order valence-electron chi connectivity index (χ0n) is 41.6. The molecular formula is C44H75N7O14S3. The summed E-state index contributed by atoms with van der Waals surface area (Å²) in [6.45, 7) is 38.5. The van der Waals surface area contributed by atoms with Crippen molar-refractivity contribution in [3.8, 4) is 17.6 Å². The van der Waals surface area contributed by atoms with Crippen molar-refractivity contribution in [3.05, 3.63) is 82.0 Å². The normalized spacial score (nSPS) is 18.4. The summed E-state index contributed by atoms with van der Waals surface area (Å²) in [6.07, 6.45) is 0.761. The number of aromatic amines is 4. The minimum atomic E-state index is -1.54. The Bertz CT molecular complexity index is 2300. The predicted octanol–water partition coefficient (Wildman–Crippen LogP) is 8.04. The smallest absolute Gasteiger partial charge is 0.419 e. The molecule has 3 aromatic heterocycles. The maximum atomic E-state index is 10.8. The van der Waals surface area contributed by atoms with Crippen molar-refractivity contribution in [2.24, 2.45) is 10.8 Å². The van der Waals surface area contributed by atoms with Gasteiger partial charge in [-0.2, -0.15) is 0 Å². The van der Waals surface area contributed by atoms with Crippen LogP contribution in [0.1, 0.15) is 148 Å². The first-order valence-electron chi connectivity index (χ1n) is 20.7. The van der Waals surface area contributed by atoms with Gasteiger partial charge in [0.25, 0.3) is 0 Å². The van der Waals surface area contributed by atoms with E-state index in [0.29, 0.717) is 21.4 Å². The lowest BCUT2D eigenvalue weighted by Gasteiger charge is -2.32. The van der Waals surface area contributed by atoms with E-state index in [-0.39, 0.29) is 74.8 Å². The molecule has 6 rings (SSSR count). The largest absolute Gasteiger partial charge is 0.505 e. The van der Waals surface area contributed by atoms with Crippen LogP contribution in [-0.2, 0) is 36.8 Å². The molecule has 68 heavy (non-hydrogen) atoms. The van der Waals surface area contributed by atoms with Crippen LogP contribution in [0, 0.1) is 10.8 Å². The molecule has 0 radical (unpaired) electrons. The highest BCUT2D eigenvalue weighted by molar-refractivity contribution is 8.01. The molecule has 24 heteroatoms. The number of hydrogen-bond acceptors (Lipinski definition) is 17. The summed E-state index contributed by atoms with van der Waals surface area (Å²) in [7, 11) is -1.54. The summed E-state index contributed by atoms with van der Waals surface area (Å²) >= 11 is 2.39. The van der Waals surface area contributed by atoms with Crippen LogP contribution in [0.4, 0.5) is 4.79 Å². The Hall–Kier alpha value is -5.33. The minimum Gasteiger partial charge on any atom is -0.505 e. The Morgan fingerprint density at radius 3 is 1.40 bits per heavy atom. The first-order valence-corrected chi connectivity index (χ1v) is 23.4. The van der Waals surface area contributed by atoms with Gasteiger partial charge in [-0.25, -0.2) is 23.3 Å². The van der Waals surface area contributed by atoms with Crippen molar-refractivity contribution >= 4 is 45.5 Å². The van der Waals surface area contributed by atoms with Gasteiger partial charge in [-0.05, 0) is 26.2 Å². The van der Waals surface area contributed by atoms with E-state index in [1.165, 1.54) is 11.9 Å². The van der Waals surface area contributed by atoms with Gasteiger partial charge < -0.3 is 54.4 Å². The number of thiazole rings is 1. The monoisotopic (exact) mass is 1020 g/mol. The molecule has 3 aliphatic heterocycles. The molecule has 21 nitrogen and oxygen atoms in total. The van der Waals surface area contributed by atoms with Crippen molar-refractivity contribution in [1.29, 1.82) is 0 Å². The molecule has 0 aromatic carbocycles. The zero-order valence-corrected chi connectivity index (χ0v) is 44.0. The number of carbonyl (C=O) groups is 2. The maximum absolute atomic E-state index is 10.8. The van der Waals surface area contributed by atoms with Gasteiger partial charge in [-0.3, -0.25) is 24.5 Å². The maximum Gasteiger partial charge on any atom is 0.419 e. The van der Waals surface area contributed by atoms with Gasteiger partial charge in [-0.1, -0.05) is 129 Å². The zero-order chi connectivity index (χ0) is 52.7. The number of oxazole rings is 1. The third-order valence-corrected chi connectivity index (χ3v) is 12.1. The van der Waals surface area contributed by atoms with Crippen molar-refractivity contribution in [3.63, 3.8) is 0 Å². The number of imidazole rings is 1. The highest BCUT2D eigenvalue weighted by atomic mass is 32.2. The number of aromatic hydroxyl groups is 3. The van der Waals surface area contributed by atoms with Crippen LogP contribution < -0.4 is 26.4 Å². The van der Waals surface area contributed by atoms with E-state index < -0.39 is 45.2 Å². The Balaban J connectivity index is 0.000000790. The standard InChI is InChI=1S/C8H13NOS.C8H12O4.C7H12N2O2.C7H11NO3.C7H11NO2S.C6H12N2O2S.CH4/c1-6-5-7(10)11-9(6)8(2,3)4;1-8(2,3)6-4(9)5(10)7(11)12-6;1-7(2,3)4-5(10)9-6(11)8-4;2*1-7(2,3)4-5(9)8-6(10)11-4;1-6(2,3)4-7-5(9)11(10)8-4;/h5,10H,1H2,2-4H3;6,9-10H,1-3H3;10H,1-3H3,(H2,8,9,11);2*9H,1-3H3,(H,8,10);4,8H,1-3H3,(H,7,9);1H4. The van der Waals surface area contributed by atoms with Crippen LogP contribution in [0.5, 0.6) is 17.6 Å². The number of cyclic esters (lactones) is 1. The van der Waals surface area contributed by atoms with Crippen LogP contribution in [0.2, 0.25) is 0 Å². The van der Waals surface area contributed by atoms with Gasteiger partial charge in [0.15, 0.2) is 33.7 Å². The highest BCUT2D eigenvalue weighted by Gasteiger charge is 2.42. The highest BCUT2D eigenvalue weighted by Crippen LogP contribution is 2.38. The van der Waals surface area contributed by atoms with E-state index in [2.05, 4.69) is 57.3 Å². The van der Waals surface area contributed by atoms with Gasteiger partial charge in [0.2, 0.25) is 23.4 Å². The summed E-state index contributed by atoms with van der Waals surface area (Å²) in [4.78, 5) is 63.3. The second kappa shape index (κ2) is 23.3. The van der Waals surface area contributed by atoms with Crippen LogP contribution >= 0.6 is 23.3 Å². The van der Waals surface area contributed by atoms with E-state index in [1.54, 1.807) is 26.8 Å². The third-order valence-electron chi connectivity index (χ3n) is 8.64. The number of aliphatic hydroxyl groups excluding tert-OH is 3. The number of carbonyl (C=O) groups excluding carboxylic acids is 2. The fourth-order valence-corrected chi connectivity index (χ4v) is 7.87. The number of esters is 1. The average Bonchev–Trinajstić information content (AvgIpc) is 3.97. The summed E-state index contributed by atoms with van der Waals surface area (Å²) in [5.74, 6) is -2.46. The molecule has 0 aliphatic carbocycles. The van der Waals surface area contributed by atoms with Gasteiger partial charge in [0, 0.05) is 50.9 Å². The molecule has 3 unspecified atom stereocenters. The lowest BCUT2D eigenvalue weighted by atomic mass is 9.88. The van der Waals surface area contributed by atoms with Gasteiger partial charge >= 0.3 is 27.5 Å². The molecule has 1 saturated heterocycles. The minimum absolute atomic E-state index is 0. The Morgan fingerprint density at radius 2 is 1.22 bits per heavy atom. The number of H-pyrrole nitrogens is 4. The number of ether oxygens (including phenoxy) is 1. The van der Waals surface area contributed by atoms with Crippen molar-refractivity contribution in [2.75, 3.05) is 0 Å². The molecule has 3 aliphatic rings. The van der Waals surface area contributed by atoms with Crippen molar-refractivity contribution < 1.29 is 53.6 Å². The molecule has 0 spiro atoms. The number of hydrogen-bond donors (Lipinski definition) is 12. The summed E-state index contributed by atoms with van der Waals surface area (Å²) < 4.78 is 24.9. The Labute approximate surface area is 408 Å². The van der Waals surface area contributed by atoms with Crippen LogP contribution in [0.3, 0.4) is 0 Å². The quantitative estimate of drug-likeness (QED) is 0.0748. The first-order chi connectivity index (χ1) is 29.9. The molecule has 0 saturated carbocycles. The average molecular weight is 1020 g/mol. The second-order valence-corrected chi connectivity index (χ2v) is 24.6. The van der Waals surface area contributed by atoms with Gasteiger partial charge in [0.05, 0.1) is 16.7 Å². The van der Waals surface area contributed by atoms with E-state index in [1.807, 2.05) is 87.4 Å². The van der Waals surface area contributed by atoms with Crippen LogP contribution in [0.15, 0.2) is 53.8 Å². The summed E-state index contributed by atoms with van der Waals surface area (Å²) in [5.41, 5.74) is -0.176. The number of nitrogens with zero attached hydrogens (tertiary/aromatic N) is 1. The molecular weight excluding hydrogens is 947 g/mol. The molecule has 3 atom stereocenters. The molecule has 1 fully saturated rings. The van der Waals surface area contributed by atoms with E-state index in [0.717, 1.165) is 17.0 Å². The Morgan fingerprint density at radius 1 is 0.691 bits per heavy atom. The molecule has 3 aromatic rings. The third kappa shape index (κ3) is 19.0. The fourth-order valence-electron chi connectivity index (χ4n) is 5.31. The number of allylic oxidation sites excluding steroid dienone is 1. The van der Waals surface area contributed by atoms with Crippen molar-refractivity contribution in [2.45, 2.75) is 166 Å². The molecule has 0 bridgehead atoms. The number of aliphatic hydroxyl groups is 3. The van der Waals surface area contributed by atoms with Crippen molar-refractivity contribution in [1.82, 2.24) is 34.3 Å². The lowest BCUT2D eigenvalue weighted by molar-refractivity contribution is -0.146. The van der Waals surface area contributed by atoms with Gasteiger partial charge in [0.1, 0.15) is 0 Å². The lowest BCUT2D eigenvalue weighted by Crippen LogP contribution is -2.43. The van der Waals surface area contributed by atoms with E-state index >= 15 is 0 Å². The molecule has 388 valence electrons. The molecule has 1 amide bonds. The first kappa shape index (κ1) is 62.7. The number of rotatable bonds is 0. The Kier molecular flexibility index (Phi) is 21.5. The van der Waals surface area contributed by atoms with Crippen LogP contribution in [0.25, 0.3) is 0 Å².